The van der Waals surface area contributed by atoms with Gasteiger partial charge >= 0.3 is 0 Å². The van der Waals surface area contributed by atoms with Crippen LogP contribution in [-0.2, 0) is 11.3 Å². The first-order chi connectivity index (χ1) is 10.8. The normalized spacial score (nSPS) is 26.3. The van der Waals surface area contributed by atoms with Crippen molar-refractivity contribution in [1.82, 2.24) is 14.9 Å². The van der Waals surface area contributed by atoms with Gasteiger partial charge in [-0.05, 0) is 37.0 Å². The molecule has 114 valence electrons. The van der Waals surface area contributed by atoms with E-state index in [0.29, 0.717) is 11.7 Å². The first-order valence-electron chi connectivity index (χ1n) is 7.79. The number of rotatable bonds is 4. The lowest BCUT2D eigenvalue weighted by atomic mass is 9.95. The molecule has 0 aliphatic carbocycles. The zero-order valence-corrected chi connectivity index (χ0v) is 12.3. The first kappa shape index (κ1) is 13.5. The van der Waals surface area contributed by atoms with E-state index in [-0.39, 0.29) is 18.1 Å². The first-order valence-corrected chi connectivity index (χ1v) is 7.79. The monoisotopic (exact) mass is 297 g/mol. The van der Waals surface area contributed by atoms with Crippen molar-refractivity contribution in [3.8, 4) is 0 Å². The van der Waals surface area contributed by atoms with Crippen LogP contribution in [0.5, 0.6) is 0 Å². The number of amides is 1. The number of ether oxygens (including phenoxy) is 1. The molecule has 3 atom stereocenters. The van der Waals surface area contributed by atoms with Gasteiger partial charge in [-0.3, -0.25) is 4.79 Å². The Hall–Kier alpha value is -2.14. The molecule has 0 spiro atoms. The fourth-order valence-electron chi connectivity index (χ4n) is 3.39. The van der Waals surface area contributed by atoms with Gasteiger partial charge in [0.15, 0.2) is 0 Å². The topological polar surface area (TPSA) is 56.1 Å². The van der Waals surface area contributed by atoms with E-state index in [1.54, 1.807) is 12.5 Å². The molecule has 1 N–H and O–H groups in total. The fourth-order valence-corrected chi connectivity index (χ4v) is 3.39. The van der Waals surface area contributed by atoms with Crippen molar-refractivity contribution in [1.29, 1.82) is 0 Å². The van der Waals surface area contributed by atoms with Crippen molar-refractivity contribution in [2.45, 2.75) is 44.1 Å². The van der Waals surface area contributed by atoms with E-state index in [0.717, 1.165) is 31.4 Å². The highest BCUT2D eigenvalue weighted by atomic mass is 16.5. The van der Waals surface area contributed by atoms with Gasteiger partial charge in [-0.15, -0.1) is 0 Å². The van der Waals surface area contributed by atoms with Gasteiger partial charge < -0.3 is 14.6 Å². The number of carbonyl (C=O) groups excluding carboxylic acids is 1. The second-order valence-electron chi connectivity index (χ2n) is 6.12. The van der Waals surface area contributed by atoms with Gasteiger partial charge in [0.2, 0.25) is 0 Å². The van der Waals surface area contributed by atoms with Crippen LogP contribution in [0.15, 0.2) is 43.0 Å². The molecule has 2 bridgehead atoms. The van der Waals surface area contributed by atoms with Gasteiger partial charge in [0, 0.05) is 24.5 Å². The van der Waals surface area contributed by atoms with Crippen LogP contribution in [0.3, 0.4) is 0 Å². The molecular weight excluding hydrogens is 278 g/mol. The highest BCUT2D eigenvalue weighted by molar-refractivity contribution is 5.94. The van der Waals surface area contributed by atoms with E-state index < -0.39 is 0 Å². The zero-order chi connectivity index (χ0) is 14.9. The molecule has 2 fully saturated rings. The van der Waals surface area contributed by atoms with Gasteiger partial charge in [-0.25, -0.2) is 4.98 Å². The molecule has 0 radical (unpaired) electrons. The molecule has 1 amide bonds. The summed E-state index contributed by atoms with van der Waals surface area (Å²) < 4.78 is 7.78. The van der Waals surface area contributed by atoms with E-state index in [1.165, 1.54) is 0 Å². The highest BCUT2D eigenvalue weighted by Gasteiger charge is 2.41. The SMILES string of the molecule is O=C(N[C@H]1C[C@H]2CC[C@H]1O2)c1ccc(Cn2ccnc2)cc1. The number of hydrogen-bond acceptors (Lipinski definition) is 3. The minimum Gasteiger partial charge on any atom is -0.373 e. The quantitative estimate of drug-likeness (QED) is 0.939. The lowest BCUT2D eigenvalue weighted by Gasteiger charge is -2.20. The molecule has 5 nitrogen and oxygen atoms in total. The molecule has 4 rings (SSSR count). The maximum absolute atomic E-state index is 12.3. The summed E-state index contributed by atoms with van der Waals surface area (Å²) in [7, 11) is 0. The van der Waals surface area contributed by atoms with Crippen molar-refractivity contribution in [2.75, 3.05) is 0 Å². The number of benzene rings is 1. The summed E-state index contributed by atoms with van der Waals surface area (Å²) in [6, 6.07) is 7.93. The molecule has 2 aliphatic rings. The molecule has 1 aromatic carbocycles. The van der Waals surface area contributed by atoms with Crippen molar-refractivity contribution >= 4 is 5.91 Å². The Labute approximate surface area is 129 Å². The van der Waals surface area contributed by atoms with Crippen LogP contribution in [0.1, 0.15) is 35.2 Å². The Morgan fingerprint density at radius 2 is 2.18 bits per heavy atom. The smallest absolute Gasteiger partial charge is 0.251 e. The summed E-state index contributed by atoms with van der Waals surface area (Å²) in [5, 5.41) is 3.11. The van der Waals surface area contributed by atoms with Crippen molar-refractivity contribution in [2.24, 2.45) is 0 Å². The molecule has 0 saturated carbocycles. The predicted octanol–water partition coefficient (Wildman–Crippen LogP) is 1.98. The van der Waals surface area contributed by atoms with Gasteiger partial charge in [-0.1, -0.05) is 12.1 Å². The molecule has 22 heavy (non-hydrogen) atoms. The molecule has 2 saturated heterocycles. The lowest BCUT2D eigenvalue weighted by molar-refractivity contribution is 0.0841. The van der Waals surface area contributed by atoms with Crippen LogP contribution < -0.4 is 5.32 Å². The van der Waals surface area contributed by atoms with Crippen LogP contribution in [0.25, 0.3) is 0 Å². The Balaban J connectivity index is 1.38. The second-order valence-corrected chi connectivity index (χ2v) is 6.12. The van der Waals surface area contributed by atoms with Gasteiger partial charge in [-0.2, -0.15) is 0 Å². The number of fused-ring (bicyclic) bond motifs is 2. The van der Waals surface area contributed by atoms with Gasteiger partial charge in [0.05, 0.1) is 24.6 Å². The summed E-state index contributed by atoms with van der Waals surface area (Å²) in [6.45, 7) is 0.766. The number of hydrogen-bond donors (Lipinski definition) is 1. The number of nitrogens with zero attached hydrogens (tertiary/aromatic N) is 2. The molecule has 0 unspecified atom stereocenters. The van der Waals surface area contributed by atoms with Crippen molar-refractivity contribution in [3.63, 3.8) is 0 Å². The largest absolute Gasteiger partial charge is 0.373 e. The summed E-state index contributed by atoms with van der Waals surface area (Å²) in [5.41, 5.74) is 1.86. The minimum absolute atomic E-state index is 0.00432. The summed E-state index contributed by atoms with van der Waals surface area (Å²) in [4.78, 5) is 16.4. The third-order valence-electron chi connectivity index (χ3n) is 4.56. The Kier molecular flexibility index (Phi) is 3.42. The number of carbonyl (C=O) groups is 1. The third kappa shape index (κ3) is 2.64. The highest BCUT2D eigenvalue weighted by Crippen LogP contribution is 2.34. The zero-order valence-electron chi connectivity index (χ0n) is 12.3. The lowest BCUT2D eigenvalue weighted by Crippen LogP contribution is -2.41. The van der Waals surface area contributed by atoms with Crippen LogP contribution in [0.2, 0.25) is 0 Å². The third-order valence-corrected chi connectivity index (χ3v) is 4.56. The van der Waals surface area contributed by atoms with Crippen LogP contribution in [0, 0.1) is 0 Å². The standard InChI is InChI=1S/C17H19N3O2/c21-17(19-15-9-14-5-6-16(15)22-14)13-3-1-12(2-4-13)10-20-8-7-18-11-20/h1-4,7-8,11,14-16H,5-6,9-10H2,(H,19,21)/t14-,15+,16-/m1/s1. The molecule has 1 aromatic heterocycles. The van der Waals surface area contributed by atoms with Crippen molar-refractivity contribution in [3.05, 3.63) is 54.1 Å². The van der Waals surface area contributed by atoms with Crippen molar-refractivity contribution < 1.29 is 9.53 Å². The molecule has 2 aliphatic heterocycles. The second kappa shape index (κ2) is 5.57. The average Bonchev–Trinajstić information content (AvgIpc) is 3.25. The maximum atomic E-state index is 12.3. The van der Waals surface area contributed by atoms with E-state index in [2.05, 4.69) is 10.3 Å². The fraction of sp³-hybridized carbons (Fsp3) is 0.412. The summed E-state index contributed by atoms with van der Waals surface area (Å²) in [6.07, 6.45) is 9.21. The molecular formula is C17H19N3O2. The average molecular weight is 297 g/mol. The summed E-state index contributed by atoms with van der Waals surface area (Å²) in [5.74, 6) is -0.00432. The number of nitrogens with one attached hydrogen (secondary N) is 1. The Morgan fingerprint density at radius 1 is 1.32 bits per heavy atom. The summed E-state index contributed by atoms with van der Waals surface area (Å²) >= 11 is 0. The van der Waals surface area contributed by atoms with Crippen LogP contribution >= 0.6 is 0 Å². The van der Waals surface area contributed by atoms with Crippen LogP contribution in [0.4, 0.5) is 0 Å². The van der Waals surface area contributed by atoms with E-state index in [9.17, 15) is 4.79 Å². The number of imidazole rings is 1. The number of aromatic nitrogens is 2. The van der Waals surface area contributed by atoms with Gasteiger partial charge in [0.25, 0.3) is 5.91 Å². The van der Waals surface area contributed by atoms with E-state index in [1.807, 2.05) is 35.0 Å². The molecule has 3 heterocycles. The predicted molar refractivity (Wildman–Crippen MR) is 81.5 cm³/mol. The Bertz CT molecular complexity index is 651. The minimum atomic E-state index is -0.00432. The Morgan fingerprint density at radius 3 is 2.82 bits per heavy atom. The van der Waals surface area contributed by atoms with Gasteiger partial charge in [0.1, 0.15) is 0 Å². The maximum Gasteiger partial charge on any atom is 0.251 e. The van der Waals surface area contributed by atoms with Crippen LogP contribution in [-0.4, -0.2) is 33.7 Å². The molecule has 5 heteroatoms. The van der Waals surface area contributed by atoms with E-state index >= 15 is 0 Å². The molecule has 2 aromatic rings. The van der Waals surface area contributed by atoms with E-state index in [4.69, 9.17) is 4.74 Å².